The molecular weight excluding hydrogens is 243 g/mol. The smallest absolute Gasteiger partial charge is 0.165 e. The molecule has 1 aromatic rings. The molecule has 2 N–H and O–H groups in total. The minimum absolute atomic E-state index is 0.0909. The molecule has 4 heteroatoms. The van der Waals surface area contributed by atoms with E-state index in [0.717, 1.165) is 18.5 Å². The molecule has 0 unspecified atom stereocenters. The summed E-state index contributed by atoms with van der Waals surface area (Å²) in [5.74, 6) is -0.0362. The fourth-order valence-electron chi connectivity index (χ4n) is 2.02. The van der Waals surface area contributed by atoms with Crippen LogP contribution in [0.25, 0.3) is 0 Å². The van der Waals surface area contributed by atoms with E-state index in [4.69, 9.17) is 10.5 Å². The molecule has 3 nitrogen and oxygen atoms in total. The molecule has 0 atom stereocenters. The van der Waals surface area contributed by atoms with Crippen molar-refractivity contribution in [2.24, 2.45) is 5.73 Å². The third-order valence-corrected chi connectivity index (χ3v) is 3.44. The molecule has 0 saturated heterocycles. The van der Waals surface area contributed by atoms with Crippen LogP contribution in [-0.4, -0.2) is 30.6 Å². The number of benzene rings is 1. The van der Waals surface area contributed by atoms with E-state index in [9.17, 15) is 4.39 Å². The van der Waals surface area contributed by atoms with Gasteiger partial charge in [-0.1, -0.05) is 13.0 Å². The second-order valence-corrected chi connectivity index (χ2v) is 5.41. The number of rotatable bonds is 7. The zero-order valence-corrected chi connectivity index (χ0v) is 12.4. The van der Waals surface area contributed by atoms with Gasteiger partial charge in [0.05, 0.1) is 7.11 Å². The highest BCUT2D eigenvalue weighted by molar-refractivity contribution is 5.29. The molecule has 0 bridgehead atoms. The Hall–Kier alpha value is -1.13. The second-order valence-electron chi connectivity index (χ2n) is 5.41. The van der Waals surface area contributed by atoms with Crippen LogP contribution in [0.5, 0.6) is 5.75 Å². The Labute approximate surface area is 115 Å². The first-order valence-corrected chi connectivity index (χ1v) is 6.72. The highest BCUT2D eigenvalue weighted by Crippen LogP contribution is 2.22. The first-order valence-electron chi connectivity index (χ1n) is 6.72. The van der Waals surface area contributed by atoms with Crippen LogP contribution in [0, 0.1) is 5.82 Å². The summed E-state index contributed by atoms with van der Waals surface area (Å²) in [5.41, 5.74) is 6.68. The Kier molecular flexibility index (Phi) is 5.76. The normalized spacial score (nSPS) is 11.9. The van der Waals surface area contributed by atoms with Crippen LogP contribution in [0.1, 0.15) is 32.8 Å². The molecule has 19 heavy (non-hydrogen) atoms. The van der Waals surface area contributed by atoms with Gasteiger partial charge in [0.25, 0.3) is 0 Å². The highest BCUT2D eigenvalue weighted by atomic mass is 19.1. The van der Waals surface area contributed by atoms with E-state index in [1.165, 1.54) is 13.2 Å². The molecule has 0 aliphatic carbocycles. The molecule has 0 saturated carbocycles. The fourth-order valence-corrected chi connectivity index (χ4v) is 2.02. The molecule has 0 aromatic heterocycles. The maximum Gasteiger partial charge on any atom is 0.165 e. The van der Waals surface area contributed by atoms with Crippen molar-refractivity contribution in [2.45, 2.75) is 39.3 Å². The topological polar surface area (TPSA) is 38.5 Å². The van der Waals surface area contributed by atoms with E-state index < -0.39 is 0 Å². The average molecular weight is 268 g/mol. The quantitative estimate of drug-likeness (QED) is 0.826. The Bertz CT molecular complexity index is 407. The third-order valence-electron chi connectivity index (χ3n) is 3.44. The molecule has 1 aromatic carbocycles. The third kappa shape index (κ3) is 4.18. The number of hydrogen-bond acceptors (Lipinski definition) is 3. The van der Waals surface area contributed by atoms with Crippen molar-refractivity contribution in [1.29, 1.82) is 0 Å². The molecule has 0 radical (unpaired) electrons. The number of hydrogen-bond donors (Lipinski definition) is 1. The Balaban J connectivity index is 2.88. The van der Waals surface area contributed by atoms with Crippen molar-refractivity contribution in [3.63, 3.8) is 0 Å². The van der Waals surface area contributed by atoms with Gasteiger partial charge in [-0.05, 0) is 44.5 Å². The van der Waals surface area contributed by atoms with Crippen molar-refractivity contribution in [2.75, 3.05) is 20.2 Å². The van der Waals surface area contributed by atoms with Gasteiger partial charge < -0.3 is 10.5 Å². The lowest BCUT2D eigenvalue weighted by atomic mass is 10.0. The SMILES string of the molecule is CCCN(Cc1ccc(OC)c(F)c1)C(C)(C)CN. The molecule has 0 aliphatic heterocycles. The maximum atomic E-state index is 13.7. The van der Waals surface area contributed by atoms with Gasteiger partial charge in [-0.3, -0.25) is 4.90 Å². The average Bonchev–Trinajstić information content (AvgIpc) is 2.38. The van der Waals surface area contributed by atoms with Gasteiger partial charge in [0.1, 0.15) is 0 Å². The van der Waals surface area contributed by atoms with Gasteiger partial charge in [-0.2, -0.15) is 0 Å². The van der Waals surface area contributed by atoms with Crippen molar-refractivity contribution in [3.8, 4) is 5.75 Å². The summed E-state index contributed by atoms with van der Waals surface area (Å²) in [6.07, 6.45) is 1.04. The largest absolute Gasteiger partial charge is 0.494 e. The zero-order valence-electron chi connectivity index (χ0n) is 12.4. The summed E-state index contributed by atoms with van der Waals surface area (Å²) in [6.45, 7) is 8.57. The summed E-state index contributed by atoms with van der Waals surface area (Å²) >= 11 is 0. The van der Waals surface area contributed by atoms with Crippen LogP contribution >= 0.6 is 0 Å². The highest BCUT2D eigenvalue weighted by Gasteiger charge is 2.24. The first kappa shape index (κ1) is 15.9. The number of methoxy groups -OCH3 is 1. The standard InChI is InChI=1S/C15H25FN2O/c1-5-8-18(15(2,3)11-17)10-12-6-7-14(19-4)13(16)9-12/h6-7,9H,5,8,10-11,17H2,1-4H3. The van der Waals surface area contributed by atoms with Gasteiger partial charge in [-0.25, -0.2) is 4.39 Å². The van der Waals surface area contributed by atoms with E-state index in [2.05, 4.69) is 25.7 Å². The summed E-state index contributed by atoms with van der Waals surface area (Å²) in [6, 6.07) is 5.11. The number of ether oxygens (including phenoxy) is 1. The van der Waals surface area contributed by atoms with E-state index >= 15 is 0 Å². The van der Waals surface area contributed by atoms with Crippen molar-refractivity contribution in [1.82, 2.24) is 4.90 Å². The van der Waals surface area contributed by atoms with Gasteiger partial charge in [-0.15, -0.1) is 0 Å². The Morgan fingerprint density at radius 1 is 1.37 bits per heavy atom. The maximum absolute atomic E-state index is 13.7. The second kappa shape index (κ2) is 6.87. The number of halogens is 1. The zero-order chi connectivity index (χ0) is 14.5. The molecule has 1 rings (SSSR count). The van der Waals surface area contributed by atoms with E-state index in [0.29, 0.717) is 13.1 Å². The van der Waals surface area contributed by atoms with Gasteiger partial charge in [0, 0.05) is 18.6 Å². The molecule has 0 heterocycles. The number of nitrogens with zero attached hydrogens (tertiary/aromatic N) is 1. The predicted molar refractivity (Wildman–Crippen MR) is 76.8 cm³/mol. The van der Waals surface area contributed by atoms with Crippen LogP contribution in [0.2, 0.25) is 0 Å². The molecule has 0 aliphatic rings. The van der Waals surface area contributed by atoms with E-state index in [1.807, 2.05) is 6.07 Å². The molecule has 0 amide bonds. The minimum atomic E-state index is -0.318. The number of nitrogens with two attached hydrogens (primary N) is 1. The van der Waals surface area contributed by atoms with E-state index in [-0.39, 0.29) is 17.1 Å². The van der Waals surface area contributed by atoms with Crippen LogP contribution in [-0.2, 0) is 6.54 Å². The van der Waals surface area contributed by atoms with Gasteiger partial charge in [0.2, 0.25) is 0 Å². The monoisotopic (exact) mass is 268 g/mol. The first-order chi connectivity index (χ1) is 8.94. The summed E-state index contributed by atoms with van der Waals surface area (Å²) < 4.78 is 18.6. The van der Waals surface area contributed by atoms with Crippen LogP contribution in [0.3, 0.4) is 0 Å². The van der Waals surface area contributed by atoms with Crippen LogP contribution in [0.15, 0.2) is 18.2 Å². The molecule has 108 valence electrons. The Morgan fingerprint density at radius 2 is 2.05 bits per heavy atom. The van der Waals surface area contributed by atoms with Crippen LogP contribution in [0.4, 0.5) is 4.39 Å². The van der Waals surface area contributed by atoms with Crippen molar-refractivity contribution in [3.05, 3.63) is 29.6 Å². The van der Waals surface area contributed by atoms with E-state index in [1.54, 1.807) is 6.07 Å². The Morgan fingerprint density at radius 3 is 2.53 bits per heavy atom. The minimum Gasteiger partial charge on any atom is -0.494 e. The predicted octanol–water partition coefficient (Wildman–Crippen LogP) is 2.78. The van der Waals surface area contributed by atoms with Crippen LogP contribution < -0.4 is 10.5 Å². The lowest BCUT2D eigenvalue weighted by Crippen LogP contribution is -2.49. The van der Waals surface area contributed by atoms with Gasteiger partial charge >= 0.3 is 0 Å². The summed E-state index contributed by atoms with van der Waals surface area (Å²) in [7, 11) is 1.47. The van der Waals surface area contributed by atoms with Crippen molar-refractivity contribution >= 4 is 0 Å². The molecule has 0 fully saturated rings. The summed E-state index contributed by atoms with van der Waals surface area (Å²) in [4.78, 5) is 2.29. The summed E-state index contributed by atoms with van der Waals surface area (Å²) in [5, 5.41) is 0. The molecule has 0 spiro atoms. The fraction of sp³-hybridized carbons (Fsp3) is 0.600. The lowest BCUT2D eigenvalue weighted by Gasteiger charge is -2.37. The lowest BCUT2D eigenvalue weighted by molar-refractivity contribution is 0.118. The van der Waals surface area contributed by atoms with Crippen molar-refractivity contribution < 1.29 is 9.13 Å². The van der Waals surface area contributed by atoms with Gasteiger partial charge in [0.15, 0.2) is 11.6 Å². The molecular formula is C15H25FN2O.